The van der Waals surface area contributed by atoms with E-state index in [1.54, 1.807) is 12.1 Å². The van der Waals surface area contributed by atoms with Gasteiger partial charge in [0.1, 0.15) is 0 Å². The van der Waals surface area contributed by atoms with Gasteiger partial charge in [0, 0.05) is 29.0 Å². The number of hydrogen-bond donors (Lipinski definition) is 2. The van der Waals surface area contributed by atoms with Gasteiger partial charge in [-0.25, -0.2) is 0 Å². The number of ketones is 1. The quantitative estimate of drug-likeness (QED) is 0.452. The lowest BCUT2D eigenvalue weighted by Crippen LogP contribution is -2.05. The number of nitrogens with one attached hydrogen (secondary N) is 1. The molecule has 150 valence electrons. The van der Waals surface area contributed by atoms with Crippen molar-refractivity contribution in [1.82, 2.24) is 0 Å². The molecular weight excluding hydrogens is 380 g/mol. The van der Waals surface area contributed by atoms with Gasteiger partial charge in [-0.05, 0) is 42.3 Å². The van der Waals surface area contributed by atoms with Crippen LogP contribution in [0.25, 0.3) is 6.08 Å². The zero-order valence-electron chi connectivity index (χ0n) is 17.1. The summed E-state index contributed by atoms with van der Waals surface area (Å²) in [6.07, 6.45) is 3.87. The van der Waals surface area contributed by atoms with Crippen molar-refractivity contribution in [3.05, 3.63) is 100 Å². The first kappa shape index (κ1) is 22.4. The van der Waals surface area contributed by atoms with Crippen LogP contribution in [-0.4, -0.2) is 12.3 Å². The maximum Gasteiger partial charge on any atom is 0.194 e. The number of anilines is 2. The Morgan fingerprint density at radius 2 is 1.69 bits per heavy atom. The monoisotopic (exact) mass is 406 g/mol. The largest absolute Gasteiger partial charge is 0.355 e. The zero-order valence-corrected chi connectivity index (χ0v) is 17.8. The number of benzene rings is 3. The number of hydrogen-bond acceptors (Lipinski definition) is 3. The maximum absolute atomic E-state index is 12.8. The molecule has 0 aromatic heterocycles. The number of nitrogens with two attached hydrogens (primary N) is 1. The first-order chi connectivity index (χ1) is 14.1. The fraction of sp³-hybridized carbons (Fsp3) is 0.160. The van der Waals surface area contributed by atoms with Crippen LogP contribution in [-0.2, 0) is 0 Å². The highest BCUT2D eigenvalue weighted by Gasteiger charge is 2.15. The van der Waals surface area contributed by atoms with E-state index >= 15 is 0 Å². The third kappa shape index (κ3) is 5.80. The summed E-state index contributed by atoms with van der Waals surface area (Å²) in [4.78, 5) is 12.8. The Kier molecular flexibility index (Phi) is 8.66. The van der Waals surface area contributed by atoms with E-state index in [-0.39, 0.29) is 5.78 Å². The van der Waals surface area contributed by atoms with Crippen LogP contribution in [0, 0.1) is 6.92 Å². The molecule has 3 aromatic carbocycles. The van der Waals surface area contributed by atoms with Gasteiger partial charge in [-0.1, -0.05) is 80.1 Å². The van der Waals surface area contributed by atoms with E-state index in [1.165, 1.54) is 0 Å². The summed E-state index contributed by atoms with van der Waals surface area (Å²) >= 11 is 6.42. The average Bonchev–Trinajstić information content (AvgIpc) is 2.74. The highest BCUT2D eigenvalue weighted by atomic mass is 35.5. The average molecular weight is 407 g/mol. The Morgan fingerprint density at radius 1 is 1.00 bits per heavy atom. The van der Waals surface area contributed by atoms with Crippen LogP contribution >= 0.6 is 11.6 Å². The Bertz CT molecular complexity index is 996. The lowest BCUT2D eigenvalue weighted by atomic mass is 9.99. The second-order valence-electron chi connectivity index (χ2n) is 6.19. The number of rotatable bonds is 6. The van der Waals surface area contributed by atoms with E-state index < -0.39 is 0 Å². The molecule has 3 aromatic rings. The van der Waals surface area contributed by atoms with Crippen molar-refractivity contribution in [1.29, 1.82) is 0 Å². The molecule has 0 heterocycles. The smallest absolute Gasteiger partial charge is 0.194 e. The van der Waals surface area contributed by atoms with Crippen LogP contribution < -0.4 is 11.1 Å². The van der Waals surface area contributed by atoms with Crippen molar-refractivity contribution in [2.75, 3.05) is 11.9 Å². The predicted molar refractivity (Wildman–Crippen MR) is 125 cm³/mol. The minimum Gasteiger partial charge on any atom is -0.355 e. The summed E-state index contributed by atoms with van der Waals surface area (Å²) in [5.41, 5.74) is 10.4. The fourth-order valence-electron chi connectivity index (χ4n) is 2.86. The van der Waals surface area contributed by atoms with E-state index in [9.17, 15) is 4.79 Å². The van der Waals surface area contributed by atoms with E-state index in [0.29, 0.717) is 22.7 Å². The van der Waals surface area contributed by atoms with Crippen molar-refractivity contribution >= 4 is 34.8 Å². The lowest BCUT2D eigenvalue weighted by molar-refractivity contribution is 0.103. The topological polar surface area (TPSA) is 55.1 Å². The molecule has 0 unspecified atom stereocenters. The standard InChI is InChI=1S/C23H21ClN2O.C2H6/c1-16-7-2-4-10-19(16)23(27)20-13-12-18(15-21(20)24)26-22-11-5-3-8-17(22)9-6-14-25;1-2/h2-13,15,26H,14,25H2,1H3;1-2H3/b9-6+;. The molecule has 0 fully saturated rings. The van der Waals surface area contributed by atoms with Crippen LogP contribution in [0.3, 0.4) is 0 Å². The molecule has 29 heavy (non-hydrogen) atoms. The number of para-hydroxylation sites is 1. The van der Waals surface area contributed by atoms with Gasteiger partial charge < -0.3 is 11.1 Å². The van der Waals surface area contributed by atoms with Crippen LogP contribution in [0.2, 0.25) is 5.02 Å². The molecule has 3 N–H and O–H groups in total. The molecule has 0 bridgehead atoms. The van der Waals surface area contributed by atoms with Crippen molar-refractivity contribution in [2.45, 2.75) is 20.8 Å². The van der Waals surface area contributed by atoms with Crippen LogP contribution in [0.4, 0.5) is 11.4 Å². The van der Waals surface area contributed by atoms with E-state index in [2.05, 4.69) is 5.32 Å². The van der Waals surface area contributed by atoms with Crippen molar-refractivity contribution < 1.29 is 4.79 Å². The molecule has 0 aliphatic carbocycles. The van der Waals surface area contributed by atoms with Crippen LogP contribution in [0.1, 0.15) is 40.9 Å². The molecule has 4 heteroatoms. The molecule has 0 radical (unpaired) electrons. The summed E-state index contributed by atoms with van der Waals surface area (Å²) < 4.78 is 0. The molecule has 0 saturated carbocycles. The second-order valence-corrected chi connectivity index (χ2v) is 6.60. The number of carbonyl (C=O) groups is 1. The highest BCUT2D eigenvalue weighted by Crippen LogP contribution is 2.28. The van der Waals surface area contributed by atoms with E-state index in [1.807, 2.05) is 87.5 Å². The second kappa shape index (κ2) is 11.2. The Balaban J connectivity index is 0.00000145. The van der Waals surface area contributed by atoms with Gasteiger partial charge in [-0.2, -0.15) is 0 Å². The van der Waals surface area contributed by atoms with Crippen LogP contribution in [0.5, 0.6) is 0 Å². The SMILES string of the molecule is CC.Cc1ccccc1C(=O)c1ccc(Nc2ccccc2/C=C/CN)cc1Cl. The van der Waals surface area contributed by atoms with Gasteiger partial charge in [0.25, 0.3) is 0 Å². The van der Waals surface area contributed by atoms with Crippen molar-refractivity contribution in [2.24, 2.45) is 5.73 Å². The third-order valence-electron chi connectivity index (χ3n) is 4.28. The van der Waals surface area contributed by atoms with Crippen molar-refractivity contribution in [3.63, 3.8) is 0 Å². The van der Waals surface area contributed by atoms with Gasteiger partial charge in [0.15, 0.2) is 5.78 Å². The number of carbonyl (C=O) groups excluding carboxylic acids is 1. The Hall–Kier alpha value is -2.88. The van der Waals surface area contributed by atoms with Gasteiger partial charge >= 0.3 is 0 Å². The normalized spacial score (nSPS) is 10.4. The molecule has 0 atom stereocenters. The first-order valence-corrected chi connectivity index (χ1v) is 10.1. The molecule has 0 amide bonds. The predicted octanol–water partition coefficient (Wildman–Crippen LogP) is 6.62. The molecule has 0 aliphatic heterocycles. The Morgan fingerprint density at radius 3 is 2.38 bits per heavy atom. The molecular formula is C25H27ClN2O. The summed E-state index contributed by atoms with van der Waals surface area (Å²) in [6, 6.07) is 20.8. The summed E-state index contributed by atoms with van der Waals surface area (Å²) in [6.45, 7) is 6.40. The van der Waals surface area contributed by atoms with Gasteiger partial charge in [0.05, 0.1) is 5.02 Å². The van der Waals surface area contributed by atoms with Crippen molar-refractivity contribution in [3.8, 4) is 0 Å². The highest BCUT2D eigenvalue weighted by molar-refractivity contribution is 6.35. The van der Waals surface area contributed by atoms with E-state index in [4.69, 9.17) is 17.3 Å². The van der Waals surface area contributed by atoms with Gasteiger partial charge in [-0.3, -0.25) is 4.79 Å². The first-order valence-electron chi connectivity index (χ1n) is 9.72. The van der Waals surface area contributed by atoms with E-state index in [0.717, 1.165) is 22.5 Å². The molecule has 0 saturated heterocycles. The summed E-state index contributed by atoms with van der Waals surface area (Å²) in [5, 5.41) is 3.77. The fourth-order valence-corrected chi connectivity index (χ4v) is 3.12. The molecule has 0 aliphatic rings. The molecule has 3 nitrogen and oxygen atoms in total. The summed E-state index contributed by atoms with van der Waals surface area (Å²) in [7, 11) is 0. The zero-order chi connectivity index (χ0) is 21.2. The lowest BCUT2D eigenvalue weighted by Gasteiger charge is -2.12. The number of aryl methyl sites for hydroxylation is 1. The van der Waals surface area contributed by atoms with Gasteiger partial charge in [0.2, 0.25) is 0 Å². The minimum absolute atomic E-state index is 0.0732. The van der Waals surface area contributed by atoms with Crippen LogP contribution in [0.15, 0.2) is 72.8 Å². The third-order valence-corrected chi connectivity index (χ3v) is 4.59. The molecule has 0 spiro atoms. The number of halogens is 1. The minimum atomic E-state index is -0.0732. The maximum atomic E-state index is 12.8. The summed E-state index contributed by atoms with van der Waals surface area (Å²) in [5.74, 6) is -0.0732. The Labute approximate surface area is 178 Å². The van der Waals surface area contributed by atoms with Gasteiger partial charge in [-0.15, -0.1) is 0 Å². The molecule has 3 rings (SSSR count).